The van der Waals surface area contributed by atoms with Gasteiger partial charge in [0.25, 0.3) is 0 Å². The molecule has 2 aromatic heterocycles. The van der Waals surface area contributed by atoms with E-state index < -0.39 is 0 Å². The number of fused-ring (bicyclic) bond motifs is 1. The van der Waals surface area contributed by atoms with E-state index in [0.717, 1.165) is 65.2 Å². The summed E-state index contributed by atoms with van der Waals surface area (Å²) in [6.45, 7) is 8.42. The molecule has 1 fully saturated rings. The number of hydrogen-bond donors (Lipinski definition) is 1. The number of hydrogen-bond acceptors (Lipinski definition) is 3. The molecule has 4 rings (SSSR count). The summed E-state index contributed by atoms with van der Waals surface area (Å²) in [6.07, 6.45) is 0. The van der Waals surface area contributed by atoms with Gasteiger partial charge in [0.05, 0.1) is 44.5 Å². The van der Waals surface area contributed by atoms with Crippen LogP contribution in [0, 0.1) is 13.8 Å². The van der Waals surface area contributed by atoms with Crippen LogP contribution >= 0.6 is 11.6 Å². The SMILES string of the molecule is Cc1cc(N2CC[NH+](C)CC2)n2nc(C)c(-c3ccccc3Cl)c2n1. The third-order valence-corrected chi connectivity index (χ3v) is 5.29. The van der Waals surface area contributed by atoms with Crippen LogP contribution in [0.3, 0.4) is 0 Å². The number of likely N-dealkylation sites (N-methyl/N-ethyl adjacent to an activating group) is 1. The lowest BCUT2D eigenvalue weighted by Crippen LogP contribution is -3.12. The first-order valence-electron chi connectivity index (χ1n) is 8.72. The van der Waals surface area contributed by atoms with Gasteiger partial charge in [-0.1, -0.05) is 29.8 Å². The highest BCUT2D eigenvalue weighted by molar-refractivity contribution is 6.33. The molecule has 3 aromatic rings. The molecule has 0 aliphatic carbocycles. The van der Waals surface area contributed by atoms with Gasteiger partial charge in [-0.2, -0.15) is 9.61 Å². The highest BCUT2D eigenvalue weighted by atomic mass is 35.5. The average Bonchev–Trinajstić information content (AvgIpc) is 2.91. The van der Waals surface area contributed by atoms with Crippen molar-refractivity contribution in [1.82, 2.24) is 14.6 Å². The van der Waals surface area contributed by atoms with Gasteiger partial charge in [0.15, 0.2) is 5.65 Å². The van der Waals surface area contributed by atoms with E-state index in [4.69, 9.17) is 21.7 Å². The summed E-state index contributed by atoms with van der Waals surface area (Å²) < 4.78 is 1.99. The summed E-state index contributed by atoms with van der Waals surface area (Å²) in [7, 11) is 2.25. The number of aromatic nitrogens is 3. The van der Waals surface area contributed by atoms with Crippen molar-refractivity contribution in [1.29, 1.82) is 0 Å². The predicted molar refractivity (Wildman–Crippen MR) is 102 cm³/mol. The molecule has 3 heterocycles. The molecule has 0 radical (unpaired) electrons. The van der Waals surface area contributed by atoms with Gasteiger partial charge in [0, 0.05) is 22.3 Å². The summed E-state index contributed by atoms with van der Waals surface area (Å²) in [5, 5.41) is 5.54. The summed E-state index contributed by atoms with van der Waals surface area (Å²) >= 11 is 6.45. The fraction of sp³-hybridized carbons (Fsp3) is 0.368. The molecular weight excluding hydrogens is 334 g/mol. The van der Waals surface area contributed by atoms with Crippen LogP contribution < -0.4 is 9.80 Å². The molecule has 0 amide bonds. The third-order valence-electron chi connectivity index (χ3n) is 4.96. The second-order valence-electron chi connectivity index (χ2n) is 6.88. The Bertz CT molecular complexity index is 925. The standard InChI is InChI=1S/C19H22ClN5/c1-13-12-17(24-10-8-23(3)9-11-24)25-19(21-13)18(14(2)22-25)15-6-4-5-7-16(15)20/h4-7,12H,8-11H2,1-3H3/p+1. The Morgan fingerprint density at radius 2 is 1.84 bits per heavy atom. The monoisotopic (exact) mass is 356 g/mol. The largest absolute Gasteiger partial charge is 0.345 e. The summed E-state index contributed by atoms with van der Waals surface area (Å²) in [4.78, 5) is 8.78. The Morgan fingerprint density at radius 3 is 2.56 bits per heavy atom. The predicted octanol–water partition coefficient (Wildman–Crippen LogP) is 2.00. The Labute approximate surface area is 152 Å². The van der Waals surface area contributed by atoms with Crippen LogP contribution in [0.15, 0.2) is 30.3 Å². The molecule has 130 valence electrons. The van der Waals surface area contributed by atoms with Crippen LogP contribution in [0.5, 0.6) is 0 Å². The van der Waals surface area contributed by atoms with Gasteiger partial charge in [-0.25, -0.2) is 4.98 Å². The van der Waals surface area contributed by atoms with Crippen molar-refractivity contribution in [2.45, 2.75) is 13.8 Å². The second-order valence-corrected chi connectivity index (χ2v) is 7.28. The number of aryl methyl sites for hydroxylation is 2. The third kappa shape index (κ3) is 2.87. The maximum Gasteiger partial charge on any atom is 0.165 e. The number of nitrogens with zero attached hydrogens (tertiary/aromatic N) is 4. The lowest BCUT2D eigenvalue weighted by Gasteiger charge is -2.31. The van der Waals surface area contributed by atoms with Crippen LogP contribution in [0.2, 0.25) is 5.02 Å². The van der Waals surface area contributed by atoms with Gasteiger partial charge in [-0.05, 0) is 19.9 Å². The zero-order valence-corrected chi connectivity index (χ0v) is 15.6. The quantitative estimate of drug-likeness (QED) is 0.763. The van der Waals surface area contributed by atoms with Gasteiger partial charge >= 0.3 is 0 Å². The minimum Gasteiger partial charge on any atom is -0.345 e. The zero-order chi connectivity index (χ0) is 17.6. The van der Waals surface area contributed by atoms with Crippen molar-refractivity contribution in [2.75, 3.05) is 38.1 Å². The van der Waals surface area contributed by atoms with Crippen LogP contribution in [-0.2, 0) is 0 Å². The van der Waals surface area contributed by atoms with E-state index in [1.54, 1.807) is 4.90 Å². The average molecular weight is 357 g/mol. The smallest absolute Gasteiger partial charge is 0.165 e. The molecule has 0 saturated carbocycles. The van der Waals surface area contributed by atoms with Gasteiger partial charge in [0.2, 0.25) is 0 Å². The van der Waals surface area contributed by atoms with E-state index in [0.29, 0.717) is 0 Å². The zero-order valence-electron chi connectivity index (χ0n) is 14.9. The van der Waals surface area contributed by atoms with Gasteiger partial charge in [-0.3, -0.25) is 0 Å². The van der Waals surface area contributed by atoms with E-state index in [1.807, 2.05) is 42.6 Å². The summed E-state index contributed by atoms with van der Waals surface area (Å²) in [5.74, 6) is 1.12. The molecule has 25 heavy (non-hydrogen) atoms. The fourth-order valence-electron chi connectivity index (χ4n) is 3.55. The first kappa shape index (κ1) is 16.4. The van der Waals surface area contributed by atoms with Crippen LogP contribution in [0.1, 0.15) is 11.4 Å². The number of quaternary nitrogens is 1. The van der Waals surface area contributed by atoms with Gasteiger partial charge < -0.3 is 9.80 Å². The molecule has 1 aliphatic rings. The van der Waals surface area contributed by atoms with Crippen molar-refractivity contribution >= 4 is 23.1 Å². The Kier molecular flexibility index (Phi) is 4.13. The van der Waals surface area contributed by atoms with Crippen molar-refractivity contribution in [3.63, 3.8) is 0 Å². The van der Waals surface area contributed by atoms with Crippen LogP contribution in [-0.4, -0.2) is 47.8 Å². The van der Waals surface area contributed by atoms with E-state index in [-0.39, 0.29) is 0 Å². The van der Waals surface area contributed by atoms with E-state index in [1.165, 1.54) is 0 Å². The summed E-state index contributed by atoms with van der Waals surface area (Å²) in [6, 6.07) is 10.0. The Morgan fingerprint density at radius 1 is 1.12 bits per heavy atom. The maximum atomic E-state index is 6.45. The van der Waals surface area contributed by atoms with Crippen molar-refractivity contribution in [3.05, 3.63) is 46.7 Å². The molecule has 0 atom stereocenters. The normalized spacial score (nSPS) is 15.9. The fourth-order valence-corrected chi connectivity index (χ4v) is 3.78. The van der Waals surface area contributed by atoms with Crippen LogP contribution in [0.4, 0.5) is 5.82 Å². The lowest BCUT2D eigenvalue weighted by molar-refractivity contribution is -0.880. The highest BCUT2D eigenvalue weighted by Gasteiger charge is 2.23. The number of piperazine rings is 1. The molecule has 0 unspecified atom stereocenters. The number of nitrogens with one attached hydrogen (secondary N) is 1. The Hall–Kier alpha value is -2.11. The van der Waals surface area contributed by atoms with E-state index >= 15 is 0 Å². The highest BCUT2D eigenvalue weighted by Crippen LogP contribution is 2.34. The van der Waals surface area contributed by atoms with Crippen molar-refractivity contribution < 1.29 is 4.90 Å². The van der Waals surface area contributed by atoms with E-state index in [9.17, 15) is 0 Å². The molecule has 6 heteroatoms. The first-order chi connectivity index (χ1) is 12.0. The molecule has 1 aliphatic heterocycles. The topological polar surface area (TPSA) is 37.9 Å². The summed E-state index contributed by atoms with van der Waals surface area (Å²) in [5.41, 5.74) is 4.85. The number of anilines is 1. The van der Waals surface area contributed by atoms with Crippen LogP contribution in [0.25, 0.3) is 16.8 Å². The molecule has 1 N–H and O–H groups in total. The molecule has 5 nitrogen and oxygen atoms in total. The lowest BCUT2D eigenvalue weighted by atomic mass is 10.1. The molecule has 1 aromatic carbocycles. The maximum absolute atomic E-state index is 6.45. The minimum atomic E-state index is 0.730. The van der Waals surface area contributed by atoms with Gasteiger partial charge in [0.1, 0.15) is 5.82 Å². The second kappa shape index (κ2) is 6.32. The number of halogens is 1. The van der Waals surface area contributed by atoms with Crippen molar-refractivity contribution in [3.8, 4) is 11.1 Å². The van der Waals surface area contributed by atoms with E-state index in [2.05, 4.69) is 18.0 Å². The molecule has 0 bridgehead atoms. The molecular formula is C19H23ClN5+. The first-order valence-corrected chi connectivity index (χ1v) is 9.10. The van der Waals surface area contributed by atoms with Crippen molar-refractivity contribution in [2.24, 2.45) is 0 Å². The number of benzene rings is 1. The Balaban J connectivity index is 1.90. The minimum absolute atomic E-state index is 0.730. The number of rotatable bonds is 2. The molecule has 0 spiro atoms. The van der Waals surface area contributed by atoms with Gasteiger partial charge in [-0.15, -0.1) is 0 Å². The molecule has 1 saturated heterocycles.